The third-order valence-electron chi connectivity index (χ3n) is 3.06. The van der Waals surface area contributed by atoms with Crippen LogP contribution in [-0.2, 0) is 4.74 Å². The molecule has 0 aromatic carbocycles. The Balaban J connectivity index is 2.70. The van der Waals surface area contributed by atoms with E-state index in [2.05, 4.69) is 6.92 Å². The zero-order chi connectivity index (χ0) is 10.1. The fourth-order valence-electron chi connectivity index (χ4n) is 2.23. The Labute approximate surface area is 76.3 Å². The van der Waals surface area contributed by atoms with Crippen LogP contribution < -0.4 is 0 Å². The summed E-state index contributed by atoms with van der Waals surface area (Å²) in [6.07, 6.45) is 1.74. The quantitative estimate of drug-likeness (QED) is 0.703. The summed E-state index contributed by atoms with van der Waals surface area (Å²) in [5.74, 6) is 0.218. The summed E-state index contributed by atoms with van der Waals surface area (Å²) in [6, 6.07) is 0. The first-order valence-corrected chi connectivity index (χ1v) is 4.67. The van der Waals surface area contributed by atoms with Gasteiger partial charge in [-0.1, -0.05) is 13.8 Å². The minimum atomic E-state index is -0.491. The van der Waals surface area contributed by atoms with Crippen molar-refractivity contribution in [2.45, 2.75) is 32.8 Å². The van der Waals surface area contributed by atoms with Crippen LogP contribution in [0.3, 0.4) is 0 Å². The topological polar surface area (TPSA) is 29.5 Å². The number of hydrogen-bond donors (Lipinski definition) is 1. The molecular weight excluding hydrogens is 152 g/mol. The van der Waals surface area contributed by atoms with Gasteiger partial charge in [0.2, 0.25) is 0 Å². The Morgan fingerprint density at radius 3 is 2.75 bits per heavy atom. The van der Waals surface area contributed by atoms with Gasteiger partial charge in [0.05, 0.1) is 6.10 Å². The molecule has 1 aliphatic carbocycles. The predicted octanol–water partition coefficient (Wildman–Crippen LogP) is 1.68. The van der Waals surface area contributed by atoms with Crippen LogP contribution in [0.15, 0.2) is 0 Å². The molecule has 0 amide bonds. The summed E-state index contributed by atoms with van der Waals surface area (Å²) in [7, 11) is 1.67. The summed E-state index contributed by atoms with van der Waals surface area (Å²) in [6.45, 7) is 4.23. The van der Waals surface area contributed by atoms with Crippen LogP contribution in [0.2, 0.25) is 0 Å². The highest BCUT2D eigenvalue weighted by Gasteiger charge is 2.37. The van der Waals surface area contributed by atoms with Gasteiger partial charge in [-0.25, -0.2) is 0 Å². The van der Waals surface area contributed by atoms with Gasteiger partial charge in [0.15, 0.2) is 0 Å². The molecule has 2 nitrogen and oxygen atoms in total. The van der Waals surface area contributed by atoms with Crippen molar-refractivity contribution in [3.8, 4) is 0 Å². The summed E-state index contributed by atoms with van der Waals surface area (Å²) >= 11 is 0. The van der Waals surface area contributed by atoms with Crippen molar-refractivity contribution in [3.63, 3.8) is 0 Å². The summed E-state index contributed by atoms with van der Waals surface area (Å²) in [4.78, 5) is 0. The van der Waals surface area contributed by atoms with Gasteiger partial charge in [0.1, 0.15) is 0 Å². The molecule has 1 aliphatic rings. The Bertz CT molecular complexity index is 170. The highest BCUT2D eigenvalue weighted by atomic mass is 16.5. The largest absolute Gasteiger partial charge is 0.396 e. The SMILES string of the molecule is [2H][C@]1(C)[C@H](C)C[C@H](CCO)[C@H]1OC. The van der Waals surface area contributed by atoms with Gasteiger partial charge in [-0.3, -0.25) is 0 Å². The first kappa shape index (κ1) is 8.52. The third kappa shape index (κ3) is 1.80. The van der Waals surface area contributed by atoms with Crippen LogP contribution in [-0.4, -0.2) is 24.9 Å². The first-order chi connectivity index (χ1) is 6.04. The molecule has 0 saturated heterocycles. The van der Waals surface area contributed by atoms with Crippen molar-refractivity contribution < 1.29 is 11.2 Å². The predicted molar refractivity (Wildman–Crippen MR) is 48.9 cm³/mol. The number of hydrogen-bond acceptors (Lipinski definition) is 2. The van der Waals surface area contributed by atoms with E-state index >= 15 is 0 Å². The first-order valence-electron chi connectivity index (χ1n) is 5.17. The van der Waals surface area contributed by atoms with E-state index in [1.54, 1.807) is 7.11 Å². The fourth-order valence-corrected chi connectivity index (χ4v) is 2.23. The van der Waals surface area contributed by atoms with Crippen molar-refractivity contribution in [2.75, 3.05) is 13.7 Å². The summed E-state index contributed by atoms with van der Waals surface area (Å²) < 4.78 is 13.5. The van der Waals surface area contributed by atoms with Gasteiger partial charge < -0.3 is 9.84 Å². The molecule has 1 fully saturated rings. The molecule has 0 aromatic rings. The Morgan fingerprint density at radius 2 is 2.25 bits per heavy atom. The van der Waals surface area contributed by atoms with Crippen molar-refractivity contribution in [1.29, 1.82) is 0 Å². The molecule has 0 radical (unpaired) electrons. The number of aliphatic hydroxyl groups is 1. The molecule has 0 unspecified atom stereocenters. The molecule has 0 aromatic heterocycles. The maximum absolute atomic E-state index is 8.88. The summed E-state index contributed by atoms with van der Waals surface area (Å²) in [5, 5.41) is 8.88. The van der Waals surface area contributed by atoms with Crippen molar-refractivity contribution in [3.05, 3.63) is 0 Å². The Kier molecular flexibility index (Phi) is 3.01. The van der Waals surface area contributed by atoms with Crippen LogP contribution in [0, 0.1) is 17.7 Å². The molecule has 12 heavy (non-hydrogen) atoms. The van der Waals surface area contributed by atoms with E-state index in [9.17, 15) is 0 Å². The van der Waals surface area contributed by atoms with Crippen molar-refractivity contribution in [2.24, 2.45) is 17.7 Å². The molecular formula is C10H20O2. The molecule has 2 heteroatoms. The molecule has 1 rings (SSSR count). The van der Waals surface area contributed by atoms with Crippen molar-refractivity contribution >= 4 is 0 Å². The fraction of sp³-hybridized carbons (Fsp3) is 1.00. The average molecular weight is 173 g/mol. The smallest absolute Gasteiger partial charge is 0.0628 e. The third-order valence-corrected chi connectivity index (χ3v) is 3.06. The zero-order valence-electron chi connectivity index (χ0n) is 9.21. The normalized spacial score (nSPS) is 49.3. The van der Waals surface area contributed by atoms with Gasteiger partial charge in [-0.05, 0) is 30.6 Å². The molecule has 1 N–H and O–H groups in total. The Hall–Kier alpha value is -0.0800. The number of methoxy groups -OCH3 is 1. The Morgan fingerprint density at radius 1 is 1.58 bits per heavy atom. The number of aliphatic hydroxyl groups excluding tert-OH is 1. The van der Waals surface area contributed by atoms with E-state index in [0.717, 1.165) is 12.8 Å². The number of ether oxygens (including phenoxy) is 1. The highest BCUT2D eigenvalue weighted by Crippen LogP contribution is 2.39. The van der Waals surface area contributed by atoms with E-state index in [-0.39, 0.29) is 12.7 Å². The molecule has 4 atom stereocenters. The van der Waals surface area contributed by atoms with Gasteiger partial charge in [0, 0.05) is 15.1 Å². The lowest BCUT2D eigenvalue weighted by Crippen LogP contribution is -2.23. The molecule has 0 bridgehead atoms. The standard InChI is InChI=1S/C10H20O2/c1-7-6-9(4-5-11)10(12-3)8(7)2/h7-11H,4-6H2,1-3H3/t7-,8+,9+,10+/m1/s1/i8D. The molecule has 0 heterocycles. The minimum Gasteiger partial charge on any atom is -0.396 e. The van der Waals surface area contributed by atoms with Crippen LogP contribution in [0.1, 0.15) is 28.1 Å². The molecule has 0 aliphatic heterocycles. The monoisotopic (exact) mass is 173 g/mol. The van der Waals surface area contributed by atoms with Gasteiger partial charge in [-0.2, -0.15) is 0 Å². The second kappa shape index (κ2) is 4.24. The second-order valence-corrected chi connectivity index (χ2v) is 3.81. The number of rotatable bonds is 3. The molecule has 72 valence electrons. The lowest BCUT2D eigenvalue weighted by Gasteiger charge is -2.20. The van der Waals surface area contributed by atoms with Crippen molar-refractivity contribution in [1.82, 2.24) is 0 Å². The molecule has 1 saturated carbocycles. The minimum absolute atomic E-state index is 0.0188. The van der Waals surface area contributed by atoms with Gasteiger partial charge >= 0.3 is 0 Å². The lowest BCUT2D eigenvalue weighted by atomic mass is 9.98. The average Bonchev–Trinajstić information content (AvgIpc) is 2.24. The van der Waals surface area contributed by atoms with E-state index in [1.807, 2.05) is 6.92 Å². The second-order valence-electron chi connectivity index (χ2n) is 3.81. The lowest BCUT2D eigenvalue weighted by molar-refractivity contribution is 0.0315. The van der Waals surface area contributed by atoms with E-state index in [4.69, 9.17) is 11.2 Å². The highest BCUT2D eigenvalue weighted by molar-refractivity contribution is 4.87. The van der Waals surface area contributed by atoms with E-state index in [1.165, 1.54) is 0 Å². The van der Waals surface area contributed by atoms with Crippen LogP contribution in [0.25, 0.3) is 0 Å². The van der Waals surface area contributed by atoms with Crippen LogP contribution >= 0.6 is 0 Å². The maximum Gasteiger partial charge on any atom is 0.0628 e. The van der Waals surface area contributed by atoms with E-state index < -0.39 is 5.89 Å². The molecule has 0 spiro atoms. The zero-order valence-corrected chi connectivity index (χ0v) is 8.21. The van der Waals surface area contributed by atoms with Gasteiger partial charge in [0.25, 0.3) is 0 Å². The maximum atomic E-state index is 8.88. The van der Waals surface area contributed by atoms with Crippen LogP contribution in [0.5, 0.6) is 0 Å². The van der Waals surface area contributed by atoms with E-state index in [0.29, 0.717) is 11.8 Å². The van der Waals surface area contributed by atoms with Crippen LogP contribution in [0.4, 0.5) is 0 Å². The summed E-state index contributed by atoms with van der Waals surface area (Å²) in [5.41, 5.74) is 0. The van der Waals surface area contributed by atoms with Gasteiger partial charge in [-0.15, -0.1) is 0 Å².